The van der Waals surface area contributed by atoms with E-state index in [0.29, 0.717) is 12.3 Å². The van der Waals surface area contributed by atoms with Crippen LogP contribution in [-0.4, -0.2) is 26.9 Å². The minimum atomic E-state index is -0.463. The number of nitrogens with one attached hydrogen (secondary N) is 1. The number of hydrogen-bond donors (Lipinski definition) is 2. The quantitative estimate of drug-likeness (QED) is 0.727. The van der Waals surface area contributed by atoms with E-state index in [1.807, 2.05) is 0 Å². The van der Waals surface area contributed by atoms with Crippen LogP contribution in [-0.2, 0) is 4.74 Å². The van der Waals surface area contributed by atoms with Crippen LogP contribution in [0.25, 0.3) is 0 Å². The van der Waals surface area contributed by atoms with Crippen LogP contribution in [0.4, 0.5) is 0 Å². The summed E-state index contributed by atoms with van der Waals surface area (Å²) in [6.07, 6.45) is 1.88. The van der Waals surface area contributed by atoms with Crippen molar-refractivity contribution in [2.45, 2.75) is 38.2 Å². The van der Waals surface area contributed by atoms with E-state index in [2.05, 4.69) is 11.9 Å². The second-order valence-electron chi connectivity index (χ2n) is 5.25. The van der Waals surface area contributed by atoms with E-state index in [-0.39, 0.29) is 18.2 Å². The topological polar surface area (TPSA) is 84.3 Å². The molecule has 98 valence electrons. The number of nitrogens with zero attached hydrogens (tertiary/aromatic N) is 1. The Hall–Kier alpha value is -1.40. The maximum absolute atomic E-state index is 11.7. The summed E-state index contributed by atoms with van der Waals surface area (Å²) >= 11 is 0. The van der Waals surface area contributed by atoms with Crippen molar-refractivity contribution in [3.63, 3.8) is 0 Å². The van der Waals surface area contributed by atoms with Crippen LogP contribution in [0, 0.1) is 11.8 Å². The van der Waals surface area contributed by atoms with Gasteiger partial charge in [-0.3, -0.25) is 14.3 Å². The number of rotatable bonds is 1. The lowest BCUT2D eigenvalue weighted by Gasteiger charge is -2.17. The summed E-state index contributed by atoms with van der Waals surface area (Å²) in [5.74, 6) is 0.678. The van der Waals surface area contributed by atoms with Crippen LogP contribution in [0.1, 0.15) is 26.0 Å². The number of aromatic nitrogens is 2. The highest BCUT2D eigenvalue weighted by atomic mass is 16.5. The fourth-order valence-corrected chi connectivity index (χ4v) is 3.16. The van der Waals surface area contributed by atoms with Crippen LogP contribution in [0.15, 0.2) is 21.9 Å². The molecule has 1 aromatic heterocycles. The first-order valence-corrected chi connectivity index (χ1v) is 6.21. The van der Waals surface area contributed by atoms with Gasteiger partial charge in [0.1, 0.15) is 6.23 Å². The highest BCUT2D eigenvalue weighted by molar-refractivity contribution is 4.96. The third-order valence-corrected chi connectivity index (χ3v) is 4.09. The lowest BCUT2D eigenvalue weighted by atomic mass is 9.95. The molecule has 2 heterocycles. The predicted octanol–water partition coefficient (Wildman–Crippen LogP) is -0.159. The van der Waals surface area contributed by atoms with Gasteiger partial charge in [-0.2, -0.15) is 0 Å². The third-order valence-electron chi connectivity index (χ3n) is 4.09. The molecule has 6 nitrogen and oxygen atoms in total. The number of ether oxygens (including phenoxy) is 1. The normalized spacial score (nSPS) is 38.9. The van der Waals surface area contributed by atoms with Gasteiger partial charge in [0.05, 0.1) is 12.2 Å². The highest BCUT2D eigenvalue weighted by Crippen LogP contribution is 2.45. The molecular formula is C12H16N2O4. The fourth-order valence-electron chi connectivity index (χ4n) is 3.16. The third kappa shape index (κ3) is 1.72. The maximum Gasteiger partial charge on any atom is 0.330 e. The molecule has 1 saturated heterocycles. The van der Waals surface area contributed by atoms with E-state index in [4.69, 9.17) is 4.74 Å². The number of aliphatic hydroxyl groups is 1. The number of aromatic amines is 1. The van der Waals surface area contributed by atoms with E-state index >= 15 is 0 Å². The Bertz CT molecular complexity index is 548. The molecule has 1 saturated carbocycles. The van der Waals surface area contributed by atoms with Gasteiger partial charge in [-0.1, -0.05) is 6.92 Å². The summed E-state index contributed by atoms with van der Waals surface area (Å²) in [7, 11) is 0. The van der Waals surface area contributed by atoms with Crippen molar-refractivity contribution >= 4 is 0 Å². The van der Waals surface area contributed by atoms with Gasteiger partial charge < -0.3 is 9.84 Å². The smallest absolute Gasteiger partial charge is 0.330 e. The molecule has 1 aromatic rings. The Morgan fingerprint density at radius 3 is 2.89 bits per heavy atom. The first-order valence-electron chi connectivity index (χ1n) is 6.21. The minimum absolute atomic E-state index is 0.191. The molecule has 2 fully saturated rings. The molecule has 1 aliphatic heterocycles. The highest BCUT2D eigenvalue weighted by Gasteiger charge is 2.48. The van der Waals surface area contributed by atoms with Crippen molar-refractivity contribution in [1.82, 2.24) is 9.55 Å². The molecule has 2 aliphatic rings. The zero-order valence-electron chi connectivity index (χ0n) is 10.1. The van der Waals surface area contributed by atoms with Crippen LogP contribution in [0.2, 0.25) is 0 Å². The van der Waals surface area contributed by atoms with Crippen LogP contribution < -0.4 is 11.2 Å². The molecule has 18 heavy (non-hydrogen) atoms. The van der Waals surface area contributed by atoms with Crippen molar-refractivity contribution in [2.24, 2.45) is 11.8 Å². The Morgan fingerprint density at radius 2 is 2.22 bits per heavy atom. The molecule has 3 rings (SSSR count). The van der Waals surface area contributed by atoms with Crippen LogP contribution in [0.5, 0.6) is 0 Å². The summed E-state index contributed by atoms with van der Waals surface area (Å²) in [6, 6.07) is 1.30. The van der Waals surface area contributed by atoms with Gasteiger partial charge in [0.25, 0.3) is 5.56 Å². The van der Waals surface area contributed by atoms with Gasteiger partial charge in [0.15, 0.2) is 0 Å². The summed E-state index contributed by atoms with van der Waals surface area (Å²) in [6.45, 7) is 2.09. The van der Waals surface area contributed by atoms with E-state index in [9.17, 15) is 14.7 Å². The Labute approximate surface area is 103 Å². The average Bonchev–Trinajstić information content (AvgIpc) is 2.82. The summed E-state index contributed by atoms with van der Waals surface area (Å²) in [4.78, 5) is 24.9. The van der Waals surface area contributed by atoms with E-state index in [1.54, 1.807) is 0 Å². The Kier molecular flexibility index (Phi) is 2.64. The van der Waals surface area contributed by atoms with Gasteiger partial charge in [0, 0.05) is 12.3 Å². The number of hydrogen-bond acceptors (Lipinski definition) is 4. The lowest BCUT2D eigenvalue weighted by Crippen LogP contribution is -2.32. The molecule has 6 heteroatoms. The van der Waals surface area contributed by atoms with Crippen molar-refractivity contribution in [1.29, 1.82) is 0 Å². The van der Waals surface area contributed by atoms with Crippen molar-refractivity contribution in [2.75, 3.05) is 0 Å². The van der Waals surface area contributed by atoms with Crippen LogP contribution >= 0.6 is 0 Å². The zero-order valence-corrected chi connectivity index (χ0v) is 10.1. The molecule has 0 amide bonds. The van der Waals surface area contributed by atoms with Crippen molar-refractivity contribution in [3.8, 4) is 0 Å². The molecule has 0 radical (unpaired) electrons. The monoisotopic (exact) mass is 252 g/mol. The average molecular weight is 252 g/mol. The lowest BCUT2D eigenvalue weighted by molar-refractivity contribution is -0.0554. The van der Waals surface area contributed by atoms with E-state index < -0.39 is 17.4 Å². The molecule has 1 aliphatic carbocycles. The molecule has 5 atom stereocenters. The predicted molar refractivity (Wildman–Crippen MR) is 63.1 cm³/mol. The maximum atomic E-state index is 11.7. The van der Waals surface area contributed by atoms with E-state index in [0.717, 1.165) is 6.42 Å². The van der Waals surface area contributed by atoms with Gasteiger partial charge in [-0.15, -0.1) is 0 Å². The standard InChI is InChI=1S/C12H16N2O4/c1-6-4-8(15)11-7(6)5-10(18-11)14-3-2-9(16)13-12(14)17/h2-3,6-8,10-11,15H,4-5H2,1H3,(H,13,16,17)/t6-,7+,8-,10-,11+/m1/s1. The van der Waals surface area contributed by atoms with Crippen LogP contribution in [0.3, 0.4) is 0 Å². The number of aliphatic hydroxyl groups excluding tert-OH is 1. The van der Waals surface area contributed by atoms with Gasteiger partial charge >= 0.3 is 5.69 Å². The van der Waals surface area contributed by atoms with Crippen molar-refractivity contribution in [3.05, 3.63) is 33.1 Å². The minimum Gasteiger partial charge on any atom is -0.390 e. The summed E-state index contributed by atoms with van der Waals surface area (Å²) in [5.41, 5.74) is -0.877. The molecule has 0 spiro atoms. The molecule has 0 unspecified atom stereocenters. The van der Waals surface area contributed by atoms with Gasteiger partial charge in [-0.05, 0) is 24.7 Å². The first kappa shape index (κ1) is 11.7. The van der Waals surface area contributed by atoms with Crippen molar-refractivity contribution < 1.29 is 9.84 Å². The number of H-pyrrole nitrogens is 1. The number of fused-ring (bicyclic) bond motifs is 1. The molecular weight excluding hydrogens is 236 g/mol. The first-order chi connectivity index (χ1) is 8.56. The Balaban J connectivity index is 1.88. The molecule has 0 bridgehead atoms. The zero-order chi connectivity index (χ0) is 12.9. The second-order valence-corrected chi connectivity index (χ2v) is 5.25. The molecule has 2 N–H and O–H groups in total. The summed E-state index contributed by atoms with van der Waals surface area (Å²) < 4.78 is 7.15. The van der Waals surface area contributed by atoms with Gasteiger partial charge in [0.2, 0.25) is 0 Å². The Morgan fingerprint density at radius 1 is 1.44 bits per heavy atom. The second kappa shape index (κ2) is 4.07. The summed E-state index contributed by atoms with van der Waals surface area (Å²) in [5, 5.41) is 9.88. The van der Waals surface area contributed by atoms with Gasteiger partial charge in [-0.25, -0.2) is 4.79 Å². The SMILES string of the molecule is C[C@@H]1C[C@@H](O)[C@H]2O[C@@H](n3ccc(=O)[nH]c3=O)C[C@H]21. The fraction of sp³-hybridized carbons (Fsp3) is 0.667. The largest absolute Gasteiger partial charge is 0.390 e. The van der Waals surface area contributed by atoms with E-state index in [1.165, 1.54) is 16.8 Å². The molecule has 0 aromatic carbocycles.